The highest BCUT2D eigenvalue weighted by molar-refractivity contribution is 6.32. The topological polar surface area (TPSA) is 101 Å². The number of carbonyl (C=O) groups excluding carboxylic acids is 3. The number of ketones is 3. The average molecular weight is 352 g/mol. The maximum atomic E-state index is 13.1. The van der Waals surface area contributed by atoms with Crippen LogP contribution in [0.4, 0.5) is 0 Å². The summed E-state index contributed by atoms with van der Waals surface area (Å²) in [7, 11) is 1.39. The molecule has 0 saturated heterocycles. The maximum absolute atomic E-state index is 13.1. The molecule has 0 aliphatic heterocycles. The van der Waals surface area contributed by atoms with Crippen molar-refractivity contribution >= 4 is 17.3 Å². The Morgan fingerprint density at radius 1 is 1.00 bits per heavy atom. The average Bonchev–Trinajstić information content (AvgIpc) is 2.56. The van der Waals surface area contributed by atoms with Crippen LogP contribution in [0.2, 0.25) is 0 Å². The van der Waals surface area contributed by atoms with Gasteiger partial charge in [0.15, 0.2) is 11.6 Å². The lowest BCUT2D eigenvalue weighted by molar-refractivity contribution is 0.0409. The molecule has 0 bridgehead atoms. The number of methoxy groups -OCH3 is 1. The molecular weight excluding hydrogens is 336 g/mol. The van der Waals surface area contributed by atoms with Crippen LogP contribution in [0.3, 0.4) is 0 Å². The third-order valence-electron chi connectivity index (χ3n) is 4.95. The summed E-state index contributed by atoms with van der Waals surface area (Å²) in [4.78, 5) is 38.8. The van der Waals surface area contributed by atoms with Gasteiger partial charge in [-0.15, -0.1) is 0 Å². The minimum absolute atomic E-state index is 0.0775. The van der Waals surface area contributed by atoms with Crippen LogP contribution in [-0.2, 0) is 6.42 Å². The van der Waals surface area contributed by atoms with E-state index in [1.807, 2.05) is 0 Å². The van der Waals surface area contributed by atoms with Gasteiger partial charge < -0.3 is 14.9 Å². The van der Waals surface area contributed by atoms with Crippen molar-refractivity contribution in [1.82, 2.24) is 0 Å². The Bertz CT molecular complexity index is 1020. The number of benzene rings is 2. The Hall–Kier alpha value is -2.99. The predicted molar refractivity (Wildman–Crippen MR) is 91.2 cm³/mol. The molecule has 2 aliphatic rings. The first-order valence-corrected chi connectivity index (χ1v) is 8.16. The number of ether oxygens (including phenoxy) is 1. The third-order valence-corrected chi connectivity index (χ3v) is 4.95. The molecule has 1 atom stereocenters. The van der Waals surface area contributed by atoms with Gasteiger partial charge in [0.25, 0.3) is 0 Å². The molecule has 2 N–H and O–H groups in total. The second-order valence-electron chi connectivity index (χ2n) is 6.99. The standard InChI is InChI=1S/C20H16O6/c1-20(25)7-9-6-11(21)16-17(14(9)12(22)8-20)18(23)10-4-3-5-13(26-2)15(10)19(16)24/h3-6,21,25H,7-8H2,1-2H3/t20-/m0/s1. The van der Waals surface area contributed by atoms with Crippen LogP contribution in [0.15, 0.2) is 24.3 Å². The number of aliphatic hydroxyl groups is 1. The van der Waals surface area contributed by atoms with Crippen molar-refractivity contribution in [3.63, 3.8) is 0 Å². The van der Waals surface area contributed by atoms with Crippen molar-refractivity contribution in [2.45, 2.75) is 25.4 Å². The number of phenols is 1. The van der Waals surface area contributed by atoms with Crippen LogP contribution >= 0.6 is 0 Å². The van der Waals surface area contributed by atoms with E-state index in [9.17, 15) is 24.6 Å². The normalized spacial score (nSPS) is 21.1. The molecule has 0 aromatic heterocycles. The van der Waals surface area contributed by atoms with Crippen molar-refractivity contribution < 1.29 is 29.3 Å². The van der Waals surface area contributed by atoms with Gasteiger partial charge in [-0.1, -0.05) is 12.1 Å². The number of hydrogen-bond acceptors (Lipinski definition) is 6. The quantitative estimate of drug-likeness (QED) is 0.695. The Labute approximate surface area is 149 Å². The van der Waals surface area contributed by atoms with E-state index >= 15 is 0 Å². The molecule has 0 fully saturated rings. The molecule has 0 saturated carbocycles. The summed E-state index contributed by atoms with van der Waals surface area (Å²) < 4.78 is 5.19. The molecule has 2 aromatic rings. The highest BCUT2D eigenvalue weighted by Gasteiger charge is 2.42. The first-order valence-electron chi connectivity index (χ1n) is 8.16. The van der Waals surface area contributed by atoms with Gasteiger partial charge in [-0.25, -0.2) is 0 Å². The van der Waals surface area contributed by atoms with E-state index in [0.717, 1.165) is 0 Å². The second-order valence-corrected chi connectivity index (χ2v) is 6.99. The molecule has 132 valence electrons. The van der Waals surface area contributed by atoms with Crippen LogP contribution in [-0.4, -0.2) is 40.3 Å². The van der Waals surface area contributed by atoms with E-state index in [0.29, 0.717) is 5.56 Å². The van der Waals surface area contributed by atoms with Crippen molar-refractivity contribution in [3.05, 3.63) is 57.6 Å². The molecule has 4 rings (SSSR count). The number of Topliss-reactive ketones (excluding diaryl/α,β-unsaturated/α-hetero) is 1. The van der Waals surface area contributed by atoms with Gasteiger partial charge in [-0.3, -0.25) is 14.4 Å². The predicted octanol–water partition coefficient (Wildman–Crippen LogP) is 2.06. The van der Waals surface area contributed by atoms with E-state index in [-0.39, 0.29) is 52.2 Å². The van der Waals surface area contributed by atoms with Gasteiger partial charge in [0, 0.05) is 29.5 Å². The van der Waals surface area contributed by atoms with Crippen LogP contribution in [0, 0.1) is 0 Å². The Morgan fingerprint density at radius 2 is 1.73 bits per heavy atom. The highest BCUT2D eigenvalue weighted by Crippen LogP contribution is 2.42. The van der Waals surface area contributed by atoms with Crippen LogP contribution in [0.5, 0.6) is 11.5 Å². The van der Waals surface area contributed by atoms with Crippen molar-refractivity contribution in [2.24, 2.45) is 0 Å². The minimum Gasteiger partial charge on any atom is -0.507 e. The summed E-state index contributed by atoms with van der Waals surface area (Å²) in [6, 6.07) is 5.95. The molecule has 26 heavy (non-hydrogen) atoms. The molecule has 2 aromatic carbocycles. The lowest BCUT2D eigenvalue weighted by atomic mass is 9.73. The number of carbonyl (C=O) groups is 3. The molecule has 0 radical (unpaired) electrons. The number of fused-ring (bicyclic) bond motifs is 4. The highest BCUT2D eigenvalue weighted by atomic mass is 16.5. The van der Waals surface area contributed by atoms with Gasteiger partial charge in [0.2, 0.25) is 5.78 Å². The van der Waals surface area contributed by atoms with Crippen LogP contribution < -0.4 is 4.74 Å². The first-order chi connectivity index (χ1) is 12.2. The van der Waals surface area contributed by atoms with Crippen molar-refractivity contribution in [1.29, 1.82) is 0 Å². The van der Waals surface area contributed by atoms with Gasteiger partial charge in [-0.05, 0) is 24.6 Å². The molecule has 0 spiro atoms. The van der Waals surface area contributed by atoms with Crippen LogP contribution in [0.1, 0.15) is 61.1 Å². The number of phenolic OH excluding ortho intramolecular Hbond substituents is 1. The molecule has 6 nitrogen and oxygen atoms in total. The van der Waals surface area contributed by atoms with E-state index in [1.54, 1.807) is 12.1 Å². The zero-order valence-electron chi connectivity index (χ0n) is 14.3. The fourth-order valence-electron chi connectivity index (χ4n) is 3.93. The zero-order valence-corrected chi connectivity index (χ0v) is 14.3. The SMILES string of the molecule is COc1cccc2c1C(=O)c1c(O)cc3c(c1C2=O)C(=O)C[C@@](C)(O)C3. The van der Waals surface area contributed by atoms with Gasteiger partial charge in [0.05, 0.1) is 23.8 Å². The summed E-state index contributed by atoms with van der Waals surface area (Å²) in [5, 5.41) is 20.7. The Kier molecular flexibility index (Phi) is 3.33. The summed E-state index contributed by atoms with van der Waals surface area (Å²) in [5.74, 6) is -1.62. The summed E-state index contributed by atoms with van der Waals surface area (Å²) in [6.45, 7) is 1.53. The fraction of sp³-hybridized carbons (Fsp3) is 0.250. The smallest absolute Gasteiger partial charge is 0.202 e. The lowest BCUT2D eigenvalue weighted by Gasteiger charge is -2.32. The summed E-state index contributed by atoms with van der Waals surface area (Å²) >= 11 is 0. The van der Waals surface area contributed by atoms with Gasteiger partial charge in [0.1, 0.15) is 11.5 Å². The lowest BCUT2D eigenvalue weighted by Crippen LogP contribution is -2.37. The molecular formula is C20H16O6. The number of hydrogen-bond donors (Lipinski definition) is 2. The Morgan fingerprint density at radius 3 is 2.42 bits per heavy atom. The molecule has 0 unspecified atom stereocenters. The molecule has 6 heteroatoms. The van der Waals surface area contributed by atoms with Gasteiger partial charge >= 0.3 is 0 Å². The Balaban J connectivity index is 2.05. The van der Waals surface area contributed by atoms with E-state index in [2.05, 4.69) is 0 Å². The fourth-order valence-corrected chi connectivity index (χ4v) is 3.93. The monoisotopic (exact) mass is 352 g/mol. The van der Waals surface area contributed by atoms with E-state index in [4.69, 9.17) is 4.74 Å². The second kappa shape index (κ2) is 5.25. The summed E-state index contributed by atoms with van der Waals surface area (Å²) in [6.07, 6.45) is -0.0367. The third kappa shape index (κ3) is 2.12. The molecule has 0 amide bonds. The minimum atomic E-state index is -1.26. The summed E-state index contributed by atoms with van der Waals surface area (Å²) in [5.41, 5.74) is -0.802. The largest absolute Gasteiger partial charge is 0.507 e. The molecule has 0 heterocycles. The van der Waals surface area contributed by atoms with E-state index < -0.39 is 23.0 Å². The molecule has 2 aliphatic carbocycles. The number of rotatable bonds is 1. The maximum Gasteiger partial charge on any atom is 0.202 e. The first kappa shape index (κ1) is 16.5. The van der Waals surface area contributed by atoms with Gasteiger partial charge in [-0.2, -0.15) is 0 Å². The number of aromatic hydroxyl groups is 1. The zero-order chi connectivity index (χ0) is 18.8. The van der Waals surface area contributed by atoms with Crippen LogP contribution in [0.25, 0.3) is 0 Å². The van der Waals surface area contributed by atoms with Crippen molar-refractivity contribution in [3.8, 4) is 11.5 Å². The van der Waals surface area contributed by atoms with Crippen molar-refractivity contribution in [2.75, 3.05) is 7.11 Å². The van der Waals surface area contributed by atoms with E-state index in [1.165, 1.54) is 26.2 Å².